The van der Waals surface area contributed by atoms with E-state index in [1.807, 2.05) is 24.8 Å². The molecule has 1 fully saturated rings. The molecular formula is C17H24N4O2. The van der Waals surface area contributed by atoms with Crippen molar-refractivity contribution in [1.82, 2.24) is 15.0 Å². The van der Waals surface area contributed by atoms with E-state index in [-0.39, 0.29) is 17.9 Å². The molecule has 0 bridgehead atoms. The normalized spacial score (nSPS) is 22.0. The van der Waals surface area contributed by atoms with E-state index < -0.39 is 0 Å². The smallest absolute Gasteiger partial charge is 0.257 e. The van der Waals surface area contributed by atoms with Crippen molar-refractivity contribution in [2.45, 2.75) is 45.6 Å². The van der Waals surface area contributed by atoms with Crippen LogP contribution in [0.25, 0.3) is 11.1 Å². The molecule has 2 atom stereocenters. The predicted molar refractivity (Wildman–Crippen MR) is 88.2 cm³/mol. The molecule has 124 valence electrons. The second kappa shape index (κ2) is 6.28. The van der Waals surface area contributed by atoms with Crippen molar-refractivity contribution < 1.29 is 9.32 Å². The highest BCUT2D eigenvalue weighted by molar-refractivity contribution is 5.97. The predicted octanol–water partition coefficient (Wildman–Crippen LogP) is 2.55. The van der Waals surface area contributed by atoms with Crippen LogP contribution in [0.5, 0.6) is 0 Å². The van der Waals surface area contributed by atoms with Crippen LogP contribution in [0.4, 0.5) is 0 Å². The molecule has 1 aliphatic rings. The average Bonchev–Trinajstić information content (AvgIpc) is 2.97. The Morgan fingerprint density at radius 3 is 3.00 bits per heavy atom. The van der Waals surface area contributed by atoms with Crippen LogP contribution in [-0.4, -0.2) is 40.1 Å². The van der Waals surface area contributed by atoms with E-state index in [9.17, 15) is 4.79 Å². The third kappa shape index (κ3) is 2.95. The van der Waals surface area contributed by atoms with Gasteiger partial charge in [-0.1, -0.05) is 25.9 Å². The van der Waals surface area contributed by atoms with Crippen molar-refractivity contribution in [3.8, 4) is 0 Å². The molecule has 2 N–H and O–H groups in total. The molecule has 0 saturated carbocycles. The molecule has 23 heavy (non-hydrogen) atoms. The van der Waals surface area contributed by atoms with Gasteiger partial charge < -0.3 is 15.2 Å². The summed E-state index contributed by atoms with van der Waals surface area (Å²) < 4.78 is 5.24. The maximum Gasteiger partial charge on any atom is 0.257 e. The molecule has 1 aliphatic heterocycles. The van der Waals surface area contributed by atoms with Crippen LogP contribution in [-0.2, 0) is 0 Å². The summed E-state index contributed by atoms with van der Waals surface area (Å²) in [6, 6.07) is 1.95. The van der Waals surface area contributed by atoms with Crippen molar-refractivity contribution in [2.24, 2.45) is 11.7 Å². The summed E-state index contributed by atoms with van der Waals surface area (Å²) in [5.74, 6) is 0.826. The molecule has 6 heteroatoms. The van der Waals surface area contributed by atoms with E-state index in [4.69, 9.17) is 10.3 Å². The van der Waals surface area contributed by atoms with Crippen molar-refractivity contribution in [3.05, 3.63) is 23.5 Å². The lowest BCUT2D eigenvalue weighted by Crippen LogP contribution is -2.49. The van der Waals surface area contributed by atoms with Gasteiger partial charge >= 0.3 is 0 Å². The fourth-order valence-electron chi connectivity index (χ4n) is 3.29. The second-order valence-electron chi connectivity index (χ2n) is 6.82. The first-order valence-corrected chi connectivity index (χ1v) is 8.27. The Kier molecular flexibility index (Phi) is 4.35. The van der Waals surface area contributed by atoms with Gasteiger partial charge in [-0.15, -0.1) is 0 Å². The highest BCUT2D eigenvalue weighted by Gasteiger charge is 2.30. The Hall–Kier alpha value is -1.95. The first-order chi connectivity index (χ1) is 11.0. The summed E-state index contributed by atoms with van der Waals surface area (Å²) in [6.07, 6.45) is 3.55. The Morgan fingerprint density at radius 2 is 2.30 bits per heavy atom. The quantitative estimate of drug-likeness (QED) is 0.940. The van der Waals surface area contributed by atoms with Gasteiger partial charge in [0.05, 0.1) is 16.6 Å². The van der Waals surface area contributed by atoms with Crippen molar-refractivity contribution in [1.29, 1.82) is 0 Å². The third-order valence-corrected chi connectivity index (χ3v) is 4.66. The number of likely N-dealkylation sites (tertiary alicyclic amines) is 1. The molecule has 6 nitrogen and oxygen atoms in total. The number of hydrogen-bond acceptors (Lipinski definition) is 5. The Balaban J connectivity index is 1.92. The van der Waals surface area contributed by atoms with Crippen LogP contribution >= 0.6 is 0 Å². The largest absolute Gasteiger partial charge is 0.336 e. The summed E-state index contributed by atoms with van der Waals surface area (Å²) in [6.45, 7) is 7.55. The van der Waals surface area contributed by atoms with Gasteiger partial charge in [0.15, 0.2) is 0 Å². The van der Waals surface area contributed by atoms with Gasteiger partial charge in [0.2, 0.25) is 0 Å². The summed E-state index contributed by atoms with van der Waals surface area (Å²) in [5, 5.41) is 4.89. The summed E-state index contributed by atoms with van der Waals surface area (Å²) in [7, 11) is 0. The lowest BCUT2D eigenvalue weighted by Gasteiger charge is -2.38. The van der Waals surface area contributed by atoms with Crippen molar-refractivity contribution in [3.63, 3.8) is 0 Å². The highest BCUT2D eigenvalue weighted by Crippen LogP contribution is 2.27. The minimum atomic E-state index is -0.00217. The molecule has 0 aromatic carbocycles. The topological polar surface area (TPSA) is 85.2 Å². The first-order valence-electron chi connectivity index (χ1n) is 8.27. The Labute approximate surface area is 136 Å². The lowest BCUT2D eigenvalue weighted by atomic mass is 9.92. The number of amides is 1. The van der Waals surface area contributed by atoms with Gasteiger partial charge in [0.1, 0.15) is 0 Å². The molecule has 1 saturated heterocycles. The van der Waals surface area contributed by atoms with Crippen LogP contribution < -0.4 is 5.73 Å². The zero-order valence-electron chi connectivity index (χ0n) is 14.0. The average molecular weight is 316 g/mol. The minimum absolute atomic E-state index is 0.00217. The standard InChI is InChI=1S/C17H24N4O2/c1-10(2)15-14-7-12(9-19-16(14)23-20-15)17(22)21-5-4-11(3)6-13(21)8-18/h7,9-11,13H,4-6,8,18H2,1-3H3. The van der Waals surface area contributed by atoms with Crippen LogP contribution in [0.2, 0.25) is 0 Å². The van der Waals surface area contributed by atoms with Gasteiger partial charge in [0, 0.05) is 25.3 Å². The first kappa shape index (κ1) is 15.9. The number of nitrogens with two attached hydrogens (primary N) is 1. The van der Waals surface area contributed by atoms with E-state index in [0.717, 1.165) is 30.5 Å². The van der Waals surface area contributed by atoms with Gasteiger partial charge in [-0.25, -0.2) is 4.98 Å². The molecule has 1 amide bonds. The number of piperidine rings is 1. The number of carbonyl (C=O) groups is 1. The van der Waals surface area contributed by atoms with Gasteiger partial charge in [-0.3, -0.25) is 4.79 Å². The highest BCUT2D eigenvalue weighted by atomic mass is 16.5. The molecule has 3 rings (SSSR count). The number of aromatic nitrogens is 2. The monoisotopic (exact) mass is 316 g/mol. The Morgan fingerprint density at radius 1 is 1.52 bits per heavy atom. The molecule has 2 aromatic heterocycles. The number of hydrogen-bond donors (Lipinski definition) is 1. The molecule has 2 unspecified atom stereocenters. The molecule has 0 aliphatic carbocycles. The van der Waals surface area contributed by atoms with Crippen molar-refractivity contribution in [2.75, 3.05) is 13.1 Å². The van der Waals surface area contributed by atoms with Gasteiger partial charge in [-0.2, -0.15) is 0 Å². The van der Waals surface area contributed by atoms with Crippen LogP contribution in [0.15, 0.2) is 16.8 Å². The number of carbonyl (C=O) groups excluding carboxylic acids is 1. The van der Waals surface area contributed by atoms with Gasteiger partial charge in [-0.05, 0) is 30.7 Å². The molecule has 2 aromatic rings. The summed E-state index contributed by atoms with van der Waals surface area (Å²) in [4.78, 5) is 19.1. The molecule has 0 radical (unpaired) electrons. The van der Waals surface area contributed by atoms with E-state index in [1.54, 1.807) is 6.20 Å². The maximum absolute atomic E-state index is 12.9. The van der Waals surface area contributed by atoms with Crippen LogP contribution in [0.3, 0.4) is 0 Å². The van der Waals surface area contributed by atoms with E-state index in [2.05, 4.69) is 17.1 Å². The SMILES string of the molecule is CC1CCN(C(=O)c2cnc3onc(C(C)C)c3c2)C(CN)C1. The third-order valence-electron chi connectivity index (χ3n) is 4.66. The minimum Gasteiger partial charge on any atom is -0.336 e. The van der Waals surface area contributed by atoms with E-state index >= 15 is 0 Å². The summed E-state index contributed by atoms with van der Waals surface area (Å²) in [5.41, 5.74) is 7.77. The summed E-state index contributed by atoms with van der Waals surface area (Å²) >= 11 is 0. The zero-order chi connectivity index (χ0) is 16.6. The number of nitrogens with zero attached hydrogens (tertiary/aromatic N) is 3. The van der Waals surface area contributed by atoms with Crippen LogP contribution in [0.1, 0.15) is 55.6 Å². The number of fused-ring (bicyclic) bond motifs is 1. The molecular weight excluding hydrogens is 292 g/mol. The fourth-order valence-corrected chi connectivity index (χ4v) is 3.29. The van der Waals surface area contributed by atoms with Crippen LogP contribution in [0, 0.1) is 5.92 Å². The number of rotatable bonds is 3. The number of pyridine rings is 1. The maximum atomic E-state index is 12.9. The van der Waals surface area contributed by atoms with E-state index in [1.165, 1.54) is 0 Å². The zero-order valence-corrected chi connectivity index (χ0v) is 14.0. The van der Waals surface area contributed by atoms with Gasteiger partial charge in [0.25, 0.3) is 11.6 Å². The lowest BCUT2D eigenvalue weighted by molar-refractivity contribution is 0.0573. The Bertz CT molecular complexity index is 710. The fraction of sp³-hybridized carbons (Fsp3) is 0.588. The second-order valence-corrected chi connectivity index (χ2v) is 6.82. The molecule has 0 spiro atoms. The van der Waals surface area contributed by atoms with E-state index in [0.29, 0.717) is 23.7 Å². The molecule has 3 heterocycles. The van der Waals surface area contributed by atoms with Crippen molar-refractivity contribution >= 4 is 17.0 Å².